The first-order chi connectivity index (χ1) is 15.1. The van der Waals surface area contributed by atoms with E-state index in [1.54, 1.807) is 12.1 Å². The van der Waals surface area contributed by atoms with Gasteiger partial charge in [0.15, 0.2) is 0 Å². The standard InChI is InChI=1S/C28H36F2O/c1-3-5-7-19-8-9-21-14-22(11-10-20(21)13-19)25-18-26-23(16-27(25)29)15-24(17-28(26)30)31-12-6-4-2/h4,6,15-22H,3,5,7-14H2,1-2H3. The number of halogens is 2. The molecular weight excluding hydrogens is 390 g/mol. The molecule has 4 unspecified atom stereocenters. The summed E-state index contributed by atoms with van der Waals surface area (Å²) in [6.45, 7) is 4.56. The second-order valence-electron chi connectivity index (χ2n) is 9.73. The summed E-state index contributed by atoms with van der Waals surface area (Å²) in [7, 11) is 0. The minimum atomic E-state index is -0.334. The third kappa shape index (κ3) is 5.13. The van der Waals surface area contributed by atoms with E-state index in [0.717, 1.165) is 24.7 Å². The van der Waals surface area contributed by atoms with Crippen molar-refractivity contribution in [1.29, 1.82) is 0 Å². The number of unbranched alkanes of at least 4 members (excludes halogenated alkanes) is 1. The third-order valence-corrected chi connectivity index (χ3v) is 7.70. The van der Waals surface area contributed by atoms with Crippen molar-refractivity contribution in [2.24, 2.45) is 17.8 Å². The van der Waals surface area contributed by atoms with Crippen LogP contribution in [0.4, 0.5) is 8.78 Å². The molecule has 0 heterocycles. The molecule has 0 aromatic heterocycles. The van der Waals surface area contributed by atoms with Crippen LogP contribution in [0, 0.1) is 29.4 Å². The Hall–Kier alpha value is -1.90. The van der Waals surface area contributed by atoms with Crippen LogP contribution in [-0.2, 0) is 0 Å². The van der Waals surface area contributed by atoms with E-state index in [-0.39, 0.29) is 17.6 Å². The van der Waals surface area contributed by atoms with E-state index in [0.29, 0.717) is 34.6 Å². The third-order valence-electron chi connectivity index (χ3n) is 7.70. The van der Waals surface area contributed by atoms with Gasteiger partial charge in [-0.25, -0.2) is 8.78 Å². The van der Waals surface area contributed by atoms with Gasteiger partial charge in [0.2, 0.25) is 0 Å². The topological polar surface area (TPSA) is 9.23 Å². The zero-order chi connectivity index (χ0) is 21.8. The maximum atomic E-state index is 15.1. The summed E-state index contributed by atoms with van der Waals surface area (Å²) < 4.78 is 35.5. The molecule has 0 saturated heterocycles. The van der Waals surface area contributed by atoms with Gasteiger partial charge < -0.3 is 4.74 Å². The van der Waals surface area contributed by atoms with E-state index in [1.807, 2.05) is 19.1 Å². The monoisotopic (exact) mass is 426 g/mol. The highest BCUT2D eigenvalue weighted by Crippen LogP contribution is 2.49. The Labute approximate surface area is 185 Å². The molecule has 2 aliphatic carbocycles. The van der Waals surface area contributed by atoms with Gasteiger partial charge in [0.1, 0.15) is 24.0 Å². The van der Waals surface area contributed by atoms with Gasteiger partial charge >= 0.3 is 0 Å². The minimum Gasteiger partial charge on any atom is -0.489 e. The number of fused-ring (bicyclic) bond motifs is 2. The van der Waals surface area contributed by atoms with Crippen molar-refractivity contribution in [3.8, 4) is 5.75 Å². The van der Waals surface area contributed by atoms with E-state index < -0.39 is 0 Å². The number of rotatable bonds is 7. The highest BCUT2D eigenvalue weighted by Gasteiger charge is 2.36. The normalized spacial score (nSPS) is 26.3. The van der Waals surface area contributed by atoms with Crippen LogP contribution in [-0.4, -0.2) is 6.61 Å². The molecule has 4 rings (SSSR count). The summed E-state index contributed by atoms with van der Waals surface area (Å²) in [5, 5.41) is 1.07. The average molecular weight is 427 g/mol. The van der Waals surface area contributed by atoms with Crippen molar-refractivity contribution in [1.82, 2.24) is 0 Å². The molecule has 2 aromatic rings. The number of allylic oxidation sites excluding steroid dienone is 1. The largest absolute Gasteiger partial charge is 0.489 e. The maximum Gasteiger partial charge on any atom is 0.134 e. The Bertz CT molecular complexity index is 919. The fourth-order valence-corrected chi connectivity index (χ4v) is 5.99. The lowest BCUT2D eigenvalue weighted by atomic mass is 9.63. The lowest BCUT2D eigenvalue weighted by Crippen LogP contribution is -2.30. The second-order valence-corrected chi connectivity index (χ2v) is 9.73. The molecular formula is C28H36F2O. The van der Waals surface area contributed by atoms with Crippen LogP contribution < -0.4 is 4.74 Å². The number of hydrogen-bond acceptors (Lipinski definition) is 1. The summed E-state index contributed by atoms with van der Waals surface area (Å²) in [6, 6.07) is 6.43. The Morgan fingerprint density at radius 3 is 2.58 bits per heavy atom. The van der Waals surface area contributed by atoms with Crippen LogP contribution in [0.5, 0.6) is 5.75 Å². The molecule has 168 valence electrons. The zero-order valence-corrected chi connectivity index (χ0v) is 19.0. The minimum absolute atomic E-state index is 0.197. The Morgan fingerprint density at radius 2 is 1.77 bits per heavy atom. The molecule has 1 nitrogen and oxygen atoms in total. The smallest absolute Gasteiger partial charge is 0.134 e. The molecule has 0 N–H and O–H groups in total. The van der Waals surface area contributed by atoms with Gasteiger partial charge in [-0.3, -0.25) is 0 Å². The van der Waals surface area contributed by atoms with Gasteiger partial charge in [0.25, 0.3) is 0 Å². The van der Waals surface area contributed by atoms with Crippen LogP contribution in [0.15, 0.2) is 36.4 Å². The van der Waals surface area contributed by atoms with E-state index in [1.165, 1.54) is 57.1 Å². The van der Waals surface area contributed by atoms with Crippen molar-refractivity contribution in [3.63, 3.8) is 0 Å². The van der Waals surface area contributed by atoms with E-state index >= 15 is 4.39 Å². The Balaban J connectivity index is 1.49. The van der Waals surface area contributed by atoms with Gasteiger partial charge in [-0.2, -0.15) is 0 Å². The summed E-state index contributed by atoms with van der Waals surface area (Å²) in [4.78, 5) is 0. The molecule has 0 aliphatic heterocycles. The van der Waals surface area contributed by atoms with Gasteiger partial charge in [-0.15, -0.1) is 0 Å². The highest BCUT2D eigenvalue weighted by molar-refractivity contribution is 5.85. The molecule has 4 atom stereocenters. The van der Waals surface area contributed by atoms with Gasteiger partial charge in [0.05, 0.1) is 0 Å². The van der Waals surface area contributed by atoms with Crippen molar-refractivity contribution >= 4 is 10.8 Å². The maximum absolute atomic E-state index is 15.1. The number of hydrogen-bond donors (Lipinski definition) is 0. The molecule has 0 bridgehead atoms. The lowest BCUT2D eigenvalue weighted by molar-refractivity contribution is 0.112. The molecule has 2 aliphatic rings. The predicted octanol–water partition coefficient (Wildman–Crippen LogP) is 8.56. The summed E-state index contributed by atoms with van der Waals surface area (Å²) >= 11 is 0. The number of benzene rings is 2. The van der Waals surface area contributed by atoms with Crippen LogP contribution in [0.25, 0.3) is 10.8 Å². The molecule has 2 aromatic carbocycles. The van der Waals surface area contributed by atoms with Crippen LogP contribution in [0.1, 0.15) is 83.1 Å². The summed E-state index contributed by atoms with van der Waals surface area (Å²) in [5.74, 6) is 2.53. The fraction of sp³-hybridized carbons (Fsp3) is 0.571. The van der Waals surface area contributed by atoms with Crippen molar-refractivity contribution in [2.75, 3.05) is 6.61 Å². The zero-order valence-electron chi connectivity index (χ0n) is 19.0. The van der Waals surface area contributed by atoms with E-state index in [2.05, 4.69) is 6.92 Å². The highest BCUT2D eigenvalue weighted by atomic mass is 19.1. The first-order valence-corrected chi connectivity index (χ1v) is 12.3. The SMILES string of the molecule is CC=CCOc1cc(F)c2cc(C3CCC4CC(CCCC)CCC4C3)c(F)cc2c1. The molecule has 31 heavy (non-hydrogen) atoms. The molecule has 0 amide bonds. The van der Waals surface area contributed by atoms with Crippen molar-refractivity contribution < 1.29 is 13.5 Å². The summed E-state index contributed by atoms with van der Waals surface area (Å²) in [5.41, 5.74) is 0.709. The van der Waals surface area contributed by atoms with E-state index in [9.17, 15) is 4.39 Å². The molecule has 2 saturated carbocycles. The van der Waals surface area contributed by atoms with Gasteiger partial charge in [0, 0.05) is 11.5 Å². The quantitative estimate of drug-likeness (QED) is 0.403. The Morgan fingerprint density at radius 1 is 0.968 bits per heavy atom. The molecule has 0 spiro atoms. The average Bonchev–Trinajstić information content (AvgIpc) is 2.77. The Kier molecular flexibility index (Phi) is 7.30. The number of ether oxygens (including phenoxy) is 1. The molecule has 2 fully saturated rings. The summed E-state index contributed by atoms with van der Waals surface area (Å²) in [6.07, 6.45) is 15.0. The second kappa shape index (κ2) is 10.1. The van der Waals surface area contributed by atoms with Gasteiger partial charge in [-0.1, -0.05) is 44.8 Å². The van der Waals surface area contributed by atoms with Gasteiger partial charge in [-0.05, 0) is 91.8 Å². The lowest BCUT2D eigenvalue weighted by Gasteiger charge is -2.42. The predicted molar refractivity (Wildman–Crippen MR) is 125 cm³/mol. The molecule has 0 radical (unpaired) electrons. The van der Waals surface area contributed by atoms with Crippen molar-refractivity contribution in [3.05, 3.63) is 53.6 Å². The molecule has 3 heteroatoms. The van der Waals surface area contributed by atoms with Crippen molar-refractivity contribution in [2.45, 2.75) is 77.6 Å². The van der Waals surface area contributed by atoms with Crippen LogP contribution >= 0.6 is 0 Å². The fourth-order valence-electron chi connectivity index (χ4n) is 5.99. The first-order valence-electron chi connectivity index (χ1n) is 12.3. The van der Waals surface area contributed by atoms with E-state index in [4.69, 9.17) is 4.74 Å². The first kappa shape index (κ1) is 22.3. The van der Waals surface area contributed by atoms with Crippen LogP contribution in [0.2, 0.25) is 0 Å². The van der Waals surface area contributed by atoms with Crippen LogP contribution in [0.3, 0.4) is 0 Å².